The van der Waals surface area contributed by atoms with Crippen molar-refractivity contribution in [2.75, 3.05) is 0 Å². The molecule has 0 aliphatic carbocycles. The number of rotatable bonds is 1. The SMILES string of the molecule is Cc1n[c]cc2cc(OC(F)(F)F)ccc12. The summed E-state index contributed by atoms with van der Waals surface area (Å²) in [5.41, 5.74) is 0.719. The molecule has 0 aliphatic rings. The summed E-state index contributed by atoms with van der Waals surface area (Å²) in [5, 5.41) is 1.41. The molecule has 0 amide bonds. The topological polar surface area (TPSA) is 22.1 Å². The molecule has 0 fully saturated rings. The molecule has 1 aromatic heterocycles. The Labute approximate surface area is 89.7 Å². The average molecular weight is 226 g/mol. The highest BCUT2D eigenvalue weighted by molar-refractivity contribution is 5.85. The number of alkyl halides is 3. The molecule has 0 saturated carbocycles. The second-order valence-electron chi connectivity index (χ2n) is 3.27. The third kappa shape index (κ3) is 2.24. The fourth-order valence-electron chi connectivity index (χ4n) is 1.45. The molecule has 0 aliphatic heterocycles. The van der Waals surface area contributed by atoms with Gasteiger partial charge in [-0.3, -0.25) is 4.98 Å². The average Bonchev–Trinajstić information content (AvgIpc) is 2.15. The number of ether oxygens (including phenoxy) is 1. The van der Waals surface area contributed by atoms with E-state index in [4.69, 9.17) is 0 Å². The number of hydrogen-bond donors (Lipinski definition) is 0. The van der Waals surface area contributed by atoms with Gasteiger partial charge in [0.2, 0.25) is 0 Å². The molecule has 0 bridgehead atoms. The maximum absolute atomic E-state index is 12.0. The maximum atomic E-state index is 12.0. The van der Waals surface area contributed by atoms with Crippen LogP contribution in [0.5, 0.6) is 5.75 Å². The molecule has 0 unspecified atom stereocenters. The van der Waals surface area contributed by atoms with E-state index in [0.717, 1.165) is 11.1 Å². The van der Waals surface area contributed by atoms with E-state index in [2.05, 4.69) is 15.9 Å². The van der Waals surface area contributed by atoms with Crippen molar-refractivity contribution >= 4 is 10.8 Å². The minimum Gasteiger partial charge on any atom is -0.406 e. The first-order chi connectivity index (χ1) is 7.46. The Kier molecular flexibility index (Phi) is 2.46. The van der Waals surface area contributed by atoms with Gasteiger partial charge in [0.25, 0.3) is 0 Å². The van der Waals surface area contributed by atoms with Gasteiger partial charge in [-0.05, 0) is 36.6 Å². The van der Waals surface area contributed by atoms with Crippen molar-refractivity contribution < 1.29 is 17.9 Å². The van der Waals surface area contributed by atoms with E-state index in [1.807, 2.05) is 0 Å². The summed E-state index contributed by atoms with van der Waals surface area (Å²) >= 11 is 0. The molecule has 16 heavy (non-hydrogen) atoms. The molecule has 2 aromatic rings. The Morgan fingerprint density at radius 3 is 2.75 bits per heavy atom. The lowest BCUT2D eigenvalue weighted by atomic mass is 10.1. The van der Waals surface area contributed by atoms with Gasteiger partial charge in [0.1, 0.15) is 5.75 Å². The number of halogens is 3. The predicted molar refractivity (Wildman–Crippen MR) is 52.0 cm³/mol. The quantitative estimate of drug-likeness (QED) is 0.744. The maximum Gasteiger partial charge on any atom is 0.573 e. The van der Waals surface area contributed by atoms with Gasteiger partial charge in [-0.15, -0.1) is 13.2 Å². The third-order valence-electron chi connectivity index (χ3n) is 2.10. The highest BCUT2D eigenvalue weighted by Crippen LogP contribution is 2.26. The molecule has 2 rings (SSSR count). The van der Waals surface area contributed by atoms with Crippen LogP contribution in [0.1, 0.15) is 5.69 Å². The van der Waals surface area contributed by atoms with Gasteiger partial charge in [0.15, 0.2) is 0 Å². The van der Waals surface area contributed by atoms with Crippen LogP contribution in [-0.2, 0) is 0 Å². The Morgan fingerprint density at radius 1 is 1.31 bits per heavy atom. The van der Waals surface area contributed by atoms with Crippen LogP contribution in [0.15, 0.2) is 24.3 Å². The monoisotopic (exact) mass is 226 g/mol. The zero-order valence-electron chi connectivity index (χ0n) is 8.30. The van der Waals surface area contributed by atoms with Crippen LogP contribution < -0.4 is 4.74 Å². The molecule has 0 N–H and O–H groups in total. The van der Waals surface area contributed by atoms with Crippen molar-refractivity contribution in [3.63, 3.8) is 0 Å². The van der Waals surface area contributed by atoms with Gasteiger partial charge < -0.3 is 4.74 Å². The molecule has 1 radical (unpaired) electrons. The van der Waals surface area contributed by atoms with Crippen LogP contribution in [-0.4, -0.2) is 11.3 Å². The van der Waals surface area contributed by atoms with Crippen molar-refractivity contribution in [3.05, 3.63) is 36.2 Å². The van der Waals surface area contributed by atoms with E-state index in [-0.39, 0.29) is 5.75 Å². The number of hydrogen-bond acceptors (Lipinski definition) is 2. The zero-order valence-corrected chi connectivity index (χ0v) is 8.30. The van der Waals surface area contributed by atoms with Crippen LogP contribution in [0.25, 0.3) is 10.8 Å². The zero-order chi connectivity index (χ0) is 11.8. The summed E-state index contributed by atoms with van der Waals surface area (Å²) < 4.78 is 39.8. The Morgan fingerprint density at radius 2 is 2.06 bits per heavy atom. The third-order valence-corrected chi connectivity index (χ3v) is 2.10. The summed E-state index contributed by atoms with van der Waals surface area (Å²) in [6.07, 6.45) is -2.06. The van der Waals surface area contributed by atoms with E-state index >= 15 is 0 Å². The van der Waals surface area contributed by atoms with E-state index in [1.165, 1.54) is 18.2 Å². The van der Waals surface area contributed by atoms with Crippen molar-refractivity contribution in [2.45, 2.75) is 13.3 Å². The predicted octanol–water partition coefficient (Wildman–Crippen LogP) is 3.24. The summed E-state index contributed by atoms with van der Waals surface area (Å²) in [5.74, 6) is -0.237. The van der Waals surface area contributed by atoms with Crippen LogP contribution in [0.4, 0.5) is 13.2 Å². The number of pyridine rings is 1. The van der Waals surface area contributed by atoms with Crippen molar-refractivity contribution in [3.8, 4) is 5.75 Å². The first-order valence-corrected chi connectivity index (χ1v) is 4.49. The van der Waals surface area contributed by atoms with Crippen molar-refractivity contribution in [2.24, 2.45) is 0 Å². The van der Waals surface area contributed by atoms with E-state index in [1.54, 1.807) is 13.0 Å². The first-order valence-electron chi connectivity index (χ1n) is 4.49. The molecule has 5 heteroatoms. The first kappa shape index (κ1) is 10.7. The molecular weight excluding hydrogens is 219 g/mol. The minimum absolute atomic E-state index is 0.237. The lowest BCUT2D eigenvalue weighted by Gasteiger charge is -2.09. The molecule has 0 spiro atoms. The second-order valence-corrected chi connectivity index (χ2v) is 3.27. The van der Waals surface area contributed by atoms with Crippen LogP contribution in [0.2, 0.25) is 0 Å². The molecular formula is C11H7F3NO. The fourth-order valence-corrected chi connectivity index (χ4v) is 1.45. The summed E-state index contributed by atoms with van der Waals surface area (Å²) in [6.45, 7) is 1.77. The second kappa shape index (κ2) is 3.66. The van der Waals surface area contributed by atoms with Gasteiger partial charge in [-0.2, -0.15) is 0 Å². The molecule has 2 nitrogen and oxygen atoms in total. The lowest BCUT2D eigenvalue weighted by molar-refractivity contribution is -0.274. The van der Waals surface area contributed by atoms with E-state index < -0.39 is 6.36 Å². The Hall–Kier alpha value is -1.78. The number of aryl methyl sites for hydroxylation is 1. The summed E-state index contributed by atoms with van der Waals surface area (Å²) in [4.78, 5) is 3.92. The smallest absolute Gasteiger partial charge is 0.406 e. The van der Waals surface area contributed by atoms with Crippen molar-refractivity contribution in [1.29, 1.82) is 0 Å². The van der Waals surface area contributed by atoms with Gasteiger partial charge in [0.05, 0.1) is 6.20 Å². The van der Waals surface area contributed by atoms with Crippen molar-refractivity contribution in [1.82, 2.24) is 4.98 Å². The molecule has 1 aromatic carbocycles. The number of aromatic nitrogens is 1. The van der Waals surface area contributed by atoms with Crippen LogP contribution >= 0.6 is 0 Å². The number of benzene rings is 1. The largest absolute Gasteiger partial charge is 0.573 e. The van der Waals surface area contributed by atoms with Crippen LogP contribution in [0.3, 0.4) is 0 Å². The van der Waals surface area contributed by atoms with E-state index in [9.17, 15) is 13.2 Å². The molecule has 0 atom stereocenters. The molecule has 0 saturated heterocycles. The molecule has 83 valence electrons. The van der Waals surface area contributed by atoms with Gasteiger partial charge in [0, 0.05) is 11.1 Å². The van der Waals surface area contributed by atoms with Gasteiger partial charge >= 0.3 is 6.36 Å². The Bertz CT molecular complexity index is 522. The van der Waals surface area contributed by atoms with E-state index in [0.29, 0.717) is 5.39 Å². The highest BCUT2D eigenvalue weighted by atomic mass is 19.4. The minimum atomic E-state index is -4.67. The summed E-state index contributed by atoms with van der Waals surface area (Å²) in [7, 11) is 0. The fraction of sp³-hybridized carbons (Fsp3) is 0.182. The standard InChI is InChI=1S/C11H7F3NO/c1-7-10-3-2-9(16-11(12,13)14)6-8(10)4-5-15-7/h2-4,6H,1H3. The molecule has 1 heterocycles. The Balaban J connectivity index is 2.45. The van der Waals surface area contributed by atoms with Crippen LogP contribution in [0, 0.1) is 13.1 Å². The lowest BCUT2D eigenvalue weighted by Crippen LogP contribution is -2.17. The van der Waals surface area contributed by atoms with Gasteiger partial charge in [-0.25, -0.2) is 0 Å². The number of nitrogens with zero attached hydrogens (tertiary/aromatic N) is 1. The number of fused-ring (bicyclic) bond motifs is 1. The van der Waals surface area contributed by atoms with Gasteiger partial charge in [-0.1, -0.05) is 0 Å². The normalized spacial score (nSPS) is 11.8. The summed E-state index contributed by atoms with van der Waals surface area (Å²) in [6, 6.07) is 5.65. The highest BCUT2D eigenvalue weighted by Gasteiger charge is 2.31.